The van der Waals surface area contributed by atoms with Crippen LogP contribution < -0.4 is 10.5 Å². The third kappa shape index (κ3) is 6.86. The van der Waals surface area contributed by atoms with Crippen LogP contribution >= 0.6 is 0 Å². The summed E-state index contributed by atoms with van der Waals surface area (Å²) in [5.41, 5.74) is 5.45. The number of para-hydroxylation sites is 1. The lowest BCUT2D eigenvalue weighted by atomic mass is 10.1. The highest BCUT2D eigenvalue weighted by molar-refractivity contribution is 5.77. The van der Waals surface area contributed by atoms with Gasteiger partial charge in [-0.2, -0.15) is 0 Å². The number of rotatable bonds is 10. The second kappa shape index (κ2) is 11.0. The summed E-state index contributed by atoms with van der Waals surface area (Å²) < 4.78 is 16.7. The molecule has 0 saturated carbocycles. The highest BCUT2D eigenvalue weighted by Crippen LogP contribution is 2.14. The number of ether oxygens (including phenoxy) is 3. The summed E-state index contributed by atoms with van der Waals surface area (Å²) in [6, 6.07) is 9.57. The molecule has 0 aliphatic carbocycles. The molecule has 134 valence electrons. The van der Waals surface area contributed by atoms with Crippen LogP contribution in [0.15, 0.2) is 30.3 Å². The molecule has 0 spiro atoms. The van der Waals surface area contributed by atoms with Crippen molar-refractivity contribution in [1.29, 1.82) is 0 Å². The molecule has 2 N–H and O–H groups in total. The van der Waals surface area contributed by atoms with Gasteiger partial charge >= 0.3 is 0 Å². The number of amides is 1. The first-order chi connectivity index (χ1) is 11.8. The highest BCUT2D eigenvalue weighted by Gasteiger charge is 2.22. The third-order valence-corrected chi connectivity index (χ3v) is 3.96. The van der Waals surface area contributed by atoms with E-state index in [4.69, 9.17) is 19.9 Å². The summed E-state index contributed by atoms with van der Waals surface area (Å²) in [6.45, 7) is 3.78. The molecule has 2 rings (SSSR count). The van der Waals surface area contributed by atoms with Gasteiger partial charge in [0.2, 0.25) is 5.91 Å². The number of carbonyl (C=O) groups excluding carboxylic acids is 1. The van der Waals surface area contributed by atoms with Crippen molar-refractivity contribution < 1.29 is 19.0 Å². The average Bonchev–Trinajstić information content (AvgIpc) is 2.63. The van der Waals surface area contributed by atoms with E-state index in [2.05, 4.69) is 0 Å². The maximum Gasteiger partial charge on any atom is 0.248 e. The molecular weight excluding hydrogens is 308 g/mol. The van der Waals surface area contributed by atoms with Crippen molar-refractivity contribution in [1.82, 2.24) is 4.90 Å². The molecule has 0 bridgehead atoms. The predicted octanol–water partition coefficient (Wildman–Crippen LogP) is 1.44. The molecule has 1 amide bonds. The van der Waals surface area contributed by atoms with E-state index in [1.165, 1.54) is 0 Å². The van der Waals surface area contributed by atoms with Gasteiger partial charge in [0, 0.05) is 19.7 Å². The zero-order valence-corrected chi connectivity index (χ0v) is 14.2. The molecule has 24 heavy (non-hydrogen) atoms. The number of hydrogen-bond donors (Lipinski definition) is 1. The lowest BCUT2D eigenvalue weighted by molar-refractivity contribution is -0.139. The van der Waals surface area contributed by atoms with Gasteiger partial charge in [-0.1, -0.05) is 18.2 Å². The van der Waals surface area contributed by atoms with Crippen LogP contribution in [0.1, 0.15) is 19.3 Å². The van der Waals surface area contributed by atoms with E-state index in [9.17, 15) is 4.79 Å². The molecule has 1 fully saturated rings. The normalized spacial score (nSPS) is 15.5. The molecule has 6 heteroatoms. The molecule has 1 aromatic carbocycles. The highest BCUT2D eigenvalue weighted by atomic mass is 16.5. The fraction of sp³-hybridized carbons (Fsp3) is 0.611. The van der Waals surface area contributed by atoms with Crippen LogP contribution in [0.3, 0.4) is 0 Å². The van der Waals surface area contributed by atoms with E-state index in [0.29, 0.717) is 26.4 Å². The van der Waals surface area contributed by atoms with E-state index >= 15 is 0 Å². The number of nitrogens with zero attached hydrogens (tertiary/aromatic N) is 1. The minimum absolute atomic E-state index is 0.0371. The SMILES string of the molecule is NCCCOC1CCN(C(=O)COCCOc2ccccc2)CC1. The van der Waals surface area contributed by atoms with Gasteiger partial charge in [-0.25, -0.2) is 0 Å². The fourth-order valence-corrected chi connectivity index (χ4v) is 2.59. The van der Waals surface area contributed by atoms with Crippen LogP contribution in [-0.2, 0) is 14.3 Å². The van der Waals surface area contributed by atoms with Gasteiger partial charge in [0.05, 0.1) is 12.7 Å². The van der Waals surface area contributed by atoms with Gasteiger partial charge in [0.25, 0.3) is 0 Å². The van der Waals surface area contributed by atoms with Gasteiger partial charge < -0.3 is 24.8 Å². The molecular formula is C18H28N2O4. The smallest absolute Gasteiger partial charge is 0.248 e. The lowest BCUT2D eigenvalue weighted by Crippen LogP contribution is -2.42. The van der Waals surface area contributed by atoms with Crippen LogP contribution in [0.4, 0.5) is 0 Å². The first-order valence-corrected chi connectivity index (χ1v) is 8.64. The van der Waals surface area contributed by atoms with Crippen LogP contribution in [-0.4, -0.2) is 63.0 Å². The van der Waals surface area contributed by atoms with Gasteiger partial charge in [0.1, 0.15) is 19.0 Å². The van der Waals surface area contributed by atoms with E-state index < -0.39 is 0 Å². The molecule has 1 aliphatic rings. The maximum absolute atomic E-state index is 12.1. The predicted molar refractivity (Wildman–Crippen MR) is 92.0 cm³/mol. The summed E-state index contributed by atoms with van der Waals surface area (Å²) in [6.07, 6.45) is 2.90. The van der Waals surface area contributed by atoms with E-state index in [1.54, 1.807) is 0 Å². The number of likely N-dealkylation sites (tertiary alicyclic amines) is 1. The Morgan fingerprint density at radius 3 is 2.58 bits per heavy atom. The molecule has 1 aromatic rings. The van der Waals surface area contributed by atoms with Gasteiger partial charge in [0.15, 0.2) is 0 Å². The summed E-state index contributed by atoms with van der Waals surface area (Å²) in [7, 11) is 0. The Kier molecular flexibility index (Phi) is 8.59. The quantitative estimate of drug-likeness (QED) is 0.655. The Bertz CT molecular complexity index is 461. The molecule has 6 nitrogen and oxygen atoms in total. The van der Waals surface area contributed by atoms with Gasteiger partial charge in [-0.3, -0.25) is 4.79 Å². The van der Waals surface area contributed by atoms with Crippen molar-refractivity contribution >= 4 is 5.91 Å². The van der Waals surface area contributed by atoms with E-state index in [1.807, 2.05) is 35.2 Å². The van der Waals surface area contributed by atoms with Crippen LogP contribution in [0, 0.1) is 0 Å². The van der Waals surface area contributed by atoms with Gasteiger partial charge in [-0.05, 0) is 37.9 Å². The monoisotopic (exact) mass is 336 g/mol. The molecule has 0 radical (unpaired) electrons. The Morgan fingerprint density at radius 2 is 1.88 bits per heavy atom. The van der Waals surface area contributed by atoms with Crippen molar-refractivity contribution in [2.24, 2.45) is 5.73 Å². The second-order valence-corrected chi connectivity index (χ2v) is 5.81. The molecule has 1 saturated heterocycles. The second-order valence-electron chi connectivity index (χ2n) is 5.81. The molecule has 0 aromatic heterocycles. The first kappa shape index (κ1) is 18.7. The van der Waals surface area contributed by atoms with Crippen LogP contribution in [0.25, 0.3) is 0 Å². The molecule has 0 unspecified atom stereocenters. The Hall–Kier alpha value is -1.63. The van der Waals surface area contributed by atoms with Crippen molar-refractivity contribution in [3.8, 4) is 5.75 Å². The maximum atomic E-state index is 12.1. The average molecular weight is 336 g/mol. The number of hydrogen-bond acceptors (Lipinski definition) is 5. The fourth-order valence-electron chi connectivity index (χ4n) is 2.59. The molecule has 1 heterocycles. The van der Waals surface area contributed by atoms with E-state index in [0.717, 1.165) is 38.1 Å². The largest absolute Gasteiger partial charge is 0.491 e. The molecule has 0 atom stereocenters. The standard InChI is InChI=1S/C18H28N2O4/c19-9-4-12-23-17-7-10-20(11-8-17)18(21)15-22-13-14-24-16-5-2-1-3-6-16/h1-3,5-6,17H,4,7-15,19H2. The number of benzene rings is 1. The summed E-state index contributed by atoms with van der Waals surface area (Å²) in [5, 5.41) is 0. The van der Waals surface area contributed by atoms with Crippen molar-refractivity contribution in [3.63, 3.8) is 0 Å². The van der Waals surface area contributed by atoms with Crippen molar-refractivity contribution in [2.75, 3.05) is 46.1 Å². The Labute approximate surface area is 143 Å². The topological polar surface area (TPSA) is 74.0 Å². The minimum Gasteiger partial charge on any atom is -0.491 e. The summed E-state index contributed by atoms with van der Waals surface area (Å²) >= 11 is 0. The first-order valence-electron chi connectivity index (χ1n) is 8.64. The Balaban J connectivity index is 1.52. The summed E-state index contributed by atoms with van der Waals surface area (Å²) in [4.78, 5) is 13.9. The zero-order chi connectivity index (χ0) is 17.0. The van der Waals surface area contributed by atoms with E-state index in [-0.39, 0.29) is 18.6 Å². The number of carbonyl (C=O) groups is 1. The van der Waals surface area contributed by atoms with Crippen LogP contribution in [0.2, 0.25) is 0 Å². The summed E-state index contributed by atoms with van der Waals surface area (Å²) in [5.74, 6) is 0.847. The zero-order valence-electron chi connectivity index (χ0n) is 14.2. The third-order valence-electron chi connectivity index (χ3n) is 3.96. The number of piperidine rings is 1. The van der Waals surface area contributed by atoms with Crippen molar-refractivity contribution in [2.45, 2.75) is 25.4 Å². The lowest BCUT2D eigenvalue weighted by Gasteiger charge is -2.32. The Morgan fingerprint density at radius 1 is 1.12 bits per heavy atom. The van der Waals surface area contributed by atoms with Crippen LogP contribution in [0.5, 0.6) is 5.75 Å². The number of nitrogens with two attached hydrogens (primary N) is 1. The minimum atomic E-state index is 0.0371. The van der Waals surface area contributed by atoms with Gasteiger partial charge in [-0.15, -0.1) is 0 Å². The molecule has 1 aliphatic heterocycles. The van der Waals surface area contributed by atoms with Crippen molar-refractivity contribution in [3.05, 3.63) is 30.3 Å².